The van der Waals surface area contributed by atoms with E-state index in [1.807, 2.05) is 19.0 Å². The summed E-state index contributed by atoms with van der Waals surface area (Å²) in [6, 6.07) is 1.21. The molecule has 0 spiro atoms. The van der Waals surface area contributed by atoms with Crippen molar-refractivity contribution in [1.29, 1.82) is 0 Å². The van der Waals surface area contributed by atoms with Crippen molar-refractivity contribution >= 4 is 43.3 Å². The number of hydrogen-bond donors (Lipinski definition) is 1. The fraction of sp³-hybridized carbons (Fsp3) is 0.583. The lowest BCUT2D eigenvalue weighted by molar-refractivity contribution is 0.0702. The minimum absolute atomic E-state index is 0.00444. The van der Waals surface area contributed by atoms with Crippen molar-refractivity contribution in [3.63, 3.8) is 0 Å². The minimum Gasteiger partial charge on any atom is -0.477 e. The van der Waals surface area contributed by atoms with Crippen LogP contribution < -0.4 is 0 Å². The van der Waals surface area contributed by atoms with Gasteiger partial charge in [-0.05, 0) is 49.1 Å². The molecule has 0 aliphatic carbocycles. The number of nitrogens with zero attached hydrogens (tertiary/aromatic N) is 2. The first-order valence-electron chi connectivity index (χ1n) is 6.37. The summed E-state index contributed by atoms with van der Waals surface area (Å²) < 4.78 is 26.9. The summed E-state index contributed by atoms with van der Waals surface area (Å²) in [4.78, 5) is 13.0. The Morgan fingerprint density at radius 3 is 2.43 bits per heavy atom. The number of carboxylic acids is 1. The molecule has 0 bridgehead atoms. The number of sulfonamides is 1. The molecule has 1 aromatic heterocycles. The van der Waals surface area contributed by atoms with Crippen LogP contribution in [0.15, 0.2) is 14.7 Å². The van der Waals surface area contributed by atoms with E-state index < -0.39 is 16.0 Å². The summed E-state index contributed by atoms with van der Waals surface area (Å²) in [5.74, 6) is -1.13. The number of carboxylic acid groups (broad SMARTS) is 1. The summed E-state index contributed by atoms with van der Waals surface area (Å²) in [5.41, 5.74) is 0. The van der Waals surface area contributed by atoms with E-state index in [1.165, 1.54) is 10.4 Å². The van der Waals surface area contributed by atoms with Gasteiger partial charge in [-0.3, -0.25) is 0 Å². The Kier molecular flexibility index (Phi) is 6.79. The maximum atomic E-state index is 12.6. The van der Waals surface area contributed by atoms with Crippen LogP contribution in [-0.4, -0.2) is 62.4 Å². The first kappa shape index (κ1) is 18.6. The quantitative estimate of drug-likeness (QED) is 0.725. The molecular weight excluding hydrogens is 380 g/mol. The third-order valence-electron chi connectivity index (χ3n) is 2.85. The van der Waals surface area contributed by atoms with Crippen LogP contribution in [0, 0.1) is 0 Å². The van der Waals surface area contributed by atoms with Gasteiger partial charge < -0.3 is 10.0 Å². The monoisotopic (exact) mass is 398 g/mol. The molecule has 6 nitrogen and oxygen atoms in total. The highest BCUT2D eigenvalue weighted by atomic mass is 79.9. The summed E-state index contributed by atoms with van der Waals surface area (Å²) in [6.07, 6.45) is 0.716. The second-order valence-electron chi connectivity index (χ2n) is 4.71. The van der Waals surface area contributed by atoms with Crippen LogP contribution in [0.25, 0.3) is 0 Å². The predicted octanol–water partition coefficient (Wildman–Crippen LogP) is 2.17. The van der Waals surface area contributed by atoms with E-state index in [1.54, 1.807) is 6.92 Å². The average Bonchev–Trinajstić information content (AvgIpc) is 2.77. The van der Waals surface area contributed by atoms with Gasteiger partial charge >= 0.3 is 5.97 Å². The van der Waals surface area contributed by atoms with Crippen molar-refractivity contribution < 1.29 is 18.3 Å². The van der Waals surface area contributed by atoms with Gasteiger partial charge in [0.2, 0.25) is 10.0 Å². The Morgan fingerprint density at radius 1 is 1.38 bits per heavy atom. The van der Waals surface area contributed by atoms with E-state index in [0.717, 1.165) is 17.9 Å². The van der Waals surface area contributed by atoms with Crippen LogP contribution in [-0.2, 0) is 10.0 Å². The second-order valence-corrected chi connectivity index (χ2v) is 8.98. The van der Waals surface area contributed by atoms with E-state index in [9.17, 15) is 13.2 Å². The number of thiophene rings is 1. The molecule has 0 unspecified atom stereocenters. The van der Waals surface area contributed by atoms with Crippen LogP contribution >= 0.6 is 27.3 Å². The van der Waals surface area contributed by atoms with E-state index in [-0.39, 0.29) is 9.77 Å². The molecule has 0 fully saturated rings. The lowest BCUT2D eigenvalue weighted by atomic mass is 10.4. The van der Waals surface area contributed by atoms with Gasteiger partial charge in [0.1, 0.15) is 9.77 Å². The summed E-state index contributed by atoms with van der Waals surface area (Å²) >= 11 is 4.06. The zero-order chi connectivity index (χ0) is 16.2. The van der Waals surface area contributed by atoms with Gasteiger partial charge in [0.05, 0.1) is 3.79 Å². The van der Waals surface area contributed by atoms with Gasteiger partial charge in [-0.2, -0.15) is 4.31 Å². The number of aromatic carboxylic acids is 1. The van der Waals surface area contributed by atoms with Crippen LogP contribution in [0.3, 0.4) is 0 Å². The van der Waals surface area contributed by atoms with E-state index >= 15 is 0 Å². The van der Waals surface area contributed by atoms with E-state index in [4.69, 9.17) is 5.11 Å². The molecule has 0 aromatic carbocycles. The third kappa shape index (κ3) is 4.75. The van der Waals surface area contributed by atoms with Crippen molar-refractivity contribution in [1.82, 2.24) is 9.21 Å². The summed E-state index contributed by atoms with van der Waals surface area (Å²) in [6.45, 7) is 3.31. The summed E-state index contributed by atoms with van der Waals surface area (Å²) in [7, 11) is 0.182. The second kappa shape index (κ2) is 7.68. The first-order chi connectivity index (χ1) is 9.70. The zero-order valence-corrected chi connectivity index (χ0v) is 15.4. The maximum Gasteiger partial charge on any atom is 0.345 e. The van der Waals surface area contributed by atoms with Gasteiger partial charge in [0, 0.05) is 13.1 Å². The zero-order valence-electron chi connectivity index (χ0n) is 12.2. The van der Waals surface area contributed by atoms with E-state index in [0.29, 0.717) is 23.3 Å². The van der Waals surface area contributed by atoms with Crippen LogP contribution in [0.5, 0.6) is 0 Å². The molecule has 0 atom stereocenters. The molecule has 1 heterocycles. The Bertz CT molecular complexity index is 598. The smallest absolute Gasteiger partial charge is 0.345 e. The van der Waals surface area contributed by atoms with Crippen molar-refractivity contribution in [3.8, 4) is 0 Å². The van der Waals surface area contributed by atoms with Crippen molar-refractivity contribution in [2.75, 3.05) is 33.7 Å². The fourth-order valence-electron chi connectivity index (χ4n) is 1.78. The summed E-state index contributed by atoms with van der Waals surface area (Å²) in [5, 5.41) is 8.96. The predicted molar refractivity (Wildman–Crippen MR) is 86.6 cm³/mol. The molecule has 120 valence electrons. The average molecular weight is 399 g/mol. The molecule has 0 saturated carbocycles. The Balaban J connectivity index is 2.99. The van der Waals surface area contributed by atoms with E-state index in [2.05, 4.69) is 15.9 Å². The third-order valence-corrected chi connectivity index (χ3v) is 7.06. The molecule has 1 N–H and O–H groups in total. The molecule has 9 heteroatoms. The fourth-order valence-corrected chi connectivity index (χ4v) is 5.62. The number of halogens is 1. The molecule has 0 saturated heterocycles. The van der Waals surface area contributed by atoms with Crippen molar-refractivity contribution in [3.05, 3.63) is 14.7 Å². The van der Waals surface area contributed by atoms with Gasteiger partial charge in [0.15, 0.2) is 0 Å². The molecule has 21 heavy (non-hydrogen) atoms. The highest BCUT2D eigenvalue weighted by molar-refractivity contribution is 9.11. The highest BCUT2D eigenvalue weighted by Gasteiger charge is 2.28. The lowest BCUT2D eigenvalue weighted by Crippen LogP contribution is -2.33. The molecule has 1 rings (SSSR count). The van der Waals surface area contributed by atoms with Gasteiger partial charge in [-0.1, -0.05) is 6.92 Å². The standard InChI is InChI=1S/C12H19BrN2O4S2/c1-4-15(7-5-6-14(2)3)21(18,19)10-8-9(12(16)17)20-11(10)13/h8H,4-7H2,1-3H3,(H,16,17). The minimum atomic E-state index is -3.68. The van der Waals surface area contributed by atoms with Crippen molar-refractivity contribution in [2.45, 2.75) is 18.2 Å². The molecule has 0 amide bonds. The van der Waals surface area contributed by atoms with Gasteiger partial charge in [0.25, 0.3) is 0 Å². The number of hydrogen-bond acceptors (Lipinski definition) is 5. The van der Waals surface area contributed by atoms with Crippen LogP contribution in [0.1, 0.15) is 23.0 Å². The largest absolute Gasteiger partial charge is 0.477 e. The molecule has 0 aliphatic heterocycles. The molecule has 0 aliphatic rings. The number of rotatable bonds is 8. The molecule has 1 aromatic rings. The van der Waals surface area contributed by atoms with Crippen molar-refractivity contribution in [2.24, 2.45) is 0 Å². The normalized spacial score (nSPS) is 12.3. The lowest BCUT2D eigenvalue weighted by Gasteiger charge is -2.21. The first-order valence-corrected chi connectivity index (χ1v) is 9.42. The topological polar surface area (TPSA) is 77.9 Å². The SMILES string of the molecule is CCN(CCCN(C)C)S(=O)(=O)c1cc(C(=O)O)sc1Br. The Hall–Kier alpha value is -0.480. The van der Waals surface area contributed by atoms with Crippen LogP contribution in [0.2, 0.25) is 0 Å². The molecular formula is C12H19BrN2O4S2. The number of carbonyl (C=O) groups is 1. The Morgan fingerprint density at radius 2 is 2.00 bits per heavy atom. The van der Waals surface area contributed by atoms with Gasteiger partial charge in [-0.25, -0.2) is 13.2 Å². The maximum absolute atomic E-state index is 12.6. The Labute approximate surface area is 137 Å². The van der Waals surface area contributed by atoms with Crippen LogP contribution in [0.4, 0.5) is 0 Å². The highest BCUT2D eigenvalue weighted by Crippen LogP contribution is 2.33. The molecule has 0 radical (unpaired) electrons. The van der Waals surface area contributed by atoms with Gasteiger partial charge in [-0.15, -0.1) is 11.3 Å².